The normalized spacial score (nSPS) is 39.5. The maximum Gasteiger partial charge on any atom is 0.00990 e. The highest BCUT2D eigenvalue weighted by Gasteiger charge is 2.41. The lowest BCUT2D eigenvalue weighted by atomic mass is 9.83. The Morgan fingerprint density at radius 2 is 1.76 bits per heavy atom. The summed E-state index contributed by atoms with van der Waals surface area (Å²) in [6.45, 7) is 3.42. The molecule has 17 heavy (non-hydrogen) atoms. The Bertz CT molecular complexity index is 248. The van der Waals surface area contributed by atoms with Crippen molar-refractivity contribution in [2.24, 2.45) is 11.8 Å². The van der Waals surface area contributed by atoms with E-state index in [1.807, 2.05) is 0 Å². The van der Waals surface area contributed by atoms with Gasteiger partial charge >= 0.3 is 0 Å². The Hall–Kier alpha value is -0.0800. The lowest BCUT2D eigenvalue weighted by Gasteiger charge is -2.40. The van der Waals surface area contributed by atoms with E-state index in [1.165, 1.54) is 44.9 Å². The molecule has 2 saturated heterocycles. The van der Waals surface area contributed by atoms with Gasteiger partial charge in [-0.1, -0.05) is 19.8 Å². The van der Waals surface area contributed by atoms with Gasteiger partial charge in [0.1, 0.15) is 0 Å². The molecule has 2 heterocycles. The van der Waals surface area contributed by atoms with Gasteiger partial charge in [0, 0.05) is 18.1 Å². The fraction of sp³-hybridized carbons (Fsp3) is 1.00. The maximum absolute atomic E-state index is 3.79. The zero-order valence-corrected chi connectivity index (χ0v) is 11.5. The van der Waals surface area contributed by atoms with Crippen LogP contribution in [0.3, 0.4) is 0 Å². The summed E-state index contributed by atoms with van der Waals surface area (Å²) in [5, 5.41) is 3.79. The van der Waals surface area contributed by atoms with Crippen molar-refractivity contribution >= 4 is 0 Å². The molecule has 2 nitrogen and oxygen atoms in total. The molecule has 0 radical (unpaired) electrons. The minimum atomic E-state index is 0.823. The molecule has 1 N–H and O–H groups in total. The molecule has 3 atom stereocenters. The zero-order valence-electron chi connectivity index (χ0n) is 11.5. The van der Waals surface area contributed by atoms with Crippen molar-refractivity contribution in [1.82, 2.24) is 10.2 Å². The van der Waals surface area contributed by atoms with Gasteiger partial charge in [0.25, 0.3) is 0 Å². The van der Waals surface area contributed by atoms with Gasteiger partial charge in [-0.15, -0.1) is 0 Å². The summed E-state index contributed by atoms with van der Waals surface area (Å²) in [5.74, 6) is 2.03. The average molecular weight is 236 g/mol. The molecule has 2 heteroatoms. The molecule has 98 valence electrons. The van der Waals surface area contributed by atoms with Crippen LogP contribution in [0, 0.1) is 11.8 Å². The van der Waals surface area contributed by atoms with E-state index in [1.54, 1.807) is 0 Å². The first-order chi connectivity index (χ1) is 8.28. The van der Waals surface area contributed by atoms with Gasteiger partial charge in [0.05, 0.1) is 0 Å². The highest BCUT2D eigenvalue weighted by Crippen LogP contribution is 2.42. The van der Waals surface area contributed by atoms with E-state index < -0.39 is 0 Å². The molecule has 0 aromatic rings. The molecule has 2 aliphatic heterocycles. The topological polar surface area (TPSA) is 15.3 Å². The number of piperidine rings is 1. The Labute approximate surface area is 106 Å². The largest absolute Gasteiger partial charge is 0.314 e. The lowest BCUT2D eigenvalue weighted by molar-refractivity contribution is 0.109. The third-order valence-electron chi connectivity index (χ3n) is 5.45. The van der Waals surface area contributed by atoms with E-state index in [-0.39, 0.29) is 0 Å². The molecule has 3 aliphatic rings. The molecule has 2 bridgehead atoms. The monoisotopic (exact) mass is 236 g/mol. The predicted octanol–water partition coefficient (Wildman–Crippen LogP) is 2.64. The second kappa shape index (κ2) is 4.89. The van der Waals surface area contributed by atoms with Gasteiger partial charge in [-0.25, -0.2) is 0 Å². The summed E-state index contributed by atoms with van der Waals surface area (Å²) in [4.78, 5) is 2.66. The SMILES string of the molecule is CCNC(CC1CC1)C1CC2CCC(C1)N2C. The van der Waals surface area contributed by atoms with E-state index in [9.17, 15) is 0 Å². The number of hydrogen-bond acceptors (Lipinski definition) is 2. The minimum Gasteiger partial charge on any atom is -0.314 e. The minimum absolute atomic E-state index is 0.823. The van der Waals surface area contributed by atoms with Crippen molar-refractivity contribution in [2.45, 2.75) is 70.0 Å². The molecule has 0 amide bonds. The summed E-state index contributed by atoms with van der Waals surface area (Å²) in [6, 6.07) is 2.63. The summed E-state index contributed by atoms with van der Waals surface area (Å²) in [5.41, 5.74) is 0. The van der Waals surface area contributed by atoms with Gasteiger partial charge in [0.2, 0.25) is 0 Å². The Balaban J connectivity index is 1.61. The van der Waals surface area contributed by atoms with Crippen LogP contribution in [0.5, 0.6) is 0 Å². The molecular formula is C15H28N2. The third kappa shape index (κ3) is 2.53. The van der Waals surface area contributed by atoms with Crippen molar-refractivity contribution in [2.75, 3.05) is 13.6 Å². The van der Waals surface area contributed by atoms with Crippen molar-refractivity contribution in [3.63, 3.8) is 0 Å². The fourth-order valence-electron chi connectivity index (χ4n) is 4.20. The summed E-state index contributed by atoms with van der Waals surface area (Å²) < 4.78 is 0. The molecule has 1 aliphatic carbocycles. The number of nitrogens with zero attached hydrogens (tertiary/aromatic N) is 1. The number of rotatable bonds is 5. The van der Waals surface area contributed by atoms with Crippen LogP contribution in [0.4, 0.5) is 0 Å². The van der Waals surface area contributed by atoms with Crippen LogP contribution >= 0.6 is 0 Å². The number of fused-ring (bicyclic) bond motifs is 2. The Morgan fingerprint density at radius 3 is 2.29 bits per heavy atom. The Kier molecular flexibility index (Phi) is 3.45. The van der Waals surface area contributed by atoms with Crippen molar-refractivity contribution < 1.29 is 0 Å². The molecule has 3 unspecified atom stereocenters. The average Bonchev–Trinajstić information content (AvgIpc) is 3.09. The predicted molar refractivity (Wildman–Crippen MR) is 72.1 cm³/mol. The van der Waals surface area contributed by atoms with E-state index in [0.29, 0.717) is 0 Å². The van der Waals surface area contributed by atoms with E-state index >= 15 is 0 Å². The number of hydrogen-bond donors (Lipinski definition) is 1. The molecule has 3 fully saturated rings. The van der Waals surface area contributed by atoms with Gasteiger partial charge in [0.15, 0.2) is 0 Å². The van der Waals surface area contributed by atoms with Gasteiger partial charge < -0.3 is 10.2 Å². The van der Waals surface area contributed by atoms with Crippen LogP contribution in [-0.4, -0.2) is 36.6 Å². The van der Waals surface area contributed by atoms with Crippen LogP contribution in [0.2, 0.25) is 0 Å². The molecule has 0 aromatic heterocycles. The highest BCUT2D eigenvalue weighted by atomic mass is 15.2. The van der Waals surface area contributed by atoms with Crippen molar-refractivity contribution in [3.05, 3.63) is 0 Å². The van der Waals surface area contributed by atoms with E-state index in [4.69, 9.17) is 0 Å². The number of nitrogens with one attached hydrogen (secondary N) is 1. The molecule has 3 rings (SSSR count). The fourth-order valence-corrected chi connectivity index (χ4v) is 4.20. The second-order valence-corrected chi connectivity index (χ2v) is 6.63. The summed E-state index contributed by atoms with van der Waals surface area (Å²) >= 11 is 0. The molecule has 0 aromatic carbocycles. The Morgan fingerprint density at radius 1 is 1.12 bits per heavy atom. The molecule has 0 spiro atoms. The highest BCUT2D eigenvalue weighted by molar-refractivity contribution is 4.97. The van der Waals surface area contributed by atoms with Crippen molar-refractivity contribution in [1.29, 1.82) is 0 Å². The summed E-state index contributed by atoms with van der Waals surface area (Å²) in [6.07, 6.45) is 10.3. The van der Waals surface area contributed by atoms with Crippen LogP contribution in [0.25, 0.3) is 0 Å². The first-order valence-corrected chi connectivity index (χ1v) is 7.73. The first-order valence-electron chi connectivity index (χ1n) is 7.73. The second-order valence-electron chi connectivity index (χ2n) is 6.63. The van der Waals surface area contributed by atoms with Crippen LogP contribution < -0.4 is 5.32 Å². The zero-order chi connectivity index (χ0) is 11.8. The van der Waals surface area contributed by atoms with Crippen LogP contribution in [-0.2, 0) is 0 Å². The van der Waals surface area contributed by atoms with Crippen LogP contribution in [0.1, 0.15) is 51.9 Å². The molecule has 1 saturated carbocycles. The van der Waals surface area contributed by atoms with Gasteiger partial charge in [-0.2, -0.15) is 0 Å². The van der Waals surface area contributed by atoms with E-state index in [2.05, 4.69) is 24.2 Å². The maximum atomic E-state index is 3.79. The quantitative estimate of drug-likeness (QED) is 0.789. The first kappa shape index (κ1) is 12.0. The van der Waals surface area contributed by atoms with Gasteiger partial charge in [-0.3, -0.25) is 0 Å². The van der Waals surface area contributed by atoms with Gasteiger partial charge in [-0.05, 0) is 57.5 Å². The smallest absolute Gasteiger partial charge is 0.00990 e. The van der Waals surface area contributed by atoms with Crippen molar-refractivity contribution in [3.8, 4) is 0 Å². The van der Waals surface area contributed by atoms with E-state index in [0.717, 1.165) is 36.5 Å². The lowest BCUT2D eigenvalue weighted by Crippen LogP contribution is -2.47. The standard InChI is InChI=1S/C15H28N2/c1-3-16-15(8-11-4-5-11)12-9-13-6-7-14(10-12)17(13)2/h11-16H,3-10H2,1-2H3. The summed E-state index contributed by atoms with van der Waals surface area (Å²) in [7, 11) is 2.35. The van der Waals surface area contributed by atoms with Crippen LogP contribution in [0.15, 0.2) is 0 Å². The molecular weight excluding hydrogens is 208 g/mol. The third-order valence-corrected chi connectivity index (χ3v) is 5.45.